The Labute approximate surface area is 86.6 Å². The number of hydrogen-bond donors (Lipinski definition) is 2. The van der Waals surface area contributed by atoms with Gasteiger partial charge in [-0.25, -0.2) is 0 Å². The minimum atomic E-state index is -0.898. The molecule has 1 heterocycles. The molecule has 78 valence electrons. The number of nitrogens with one attached hydrogen (secondary N) is 1. The standard InChI is InChI=1S/C9H10N4O2/c1-6(9(14)15)5-11-8-7(4-10)2-3-12-13-8/h2-3,6H,5H2,1H3,(H,11,13)(H,14,15). The Morgan fingerprint density at radius 1 is 1.80 bits per heavy atom. The molecule has 1 atom stereocenters. The molecular formula is C9H10N4O2. The highest BCUT2D eigenvalue weighted by atomic mass is 16.4. The summed E-state index contributed by atoms with van der Waals surface area (Å²) in [4.78, 5) is 10.5. The van der Waals surface area contributed by atoms with Gasteiger partial charge in [0.1, 0.15) is 6.07 Å². The van der Waals surface area contributed by atoms with Crippen LogP contribution >= 0.6 is 0 Å². The fourth-order valence-corrected chi connectivity index (χ4v) is 0.890. The quantitative estimate of drug-likeness (QED) is 0.743. The van der Waals surface area contributed by atoms with Gasteiger partial charge in [0, 0.05) is 6.54 Å². The van der Waals surface area contributed by atoms with Gasteiger partial charge < -0.3 is 10.4 Å². The summed E-state index contributed by atoms with van der Waals surface area (Å²) >= 11 is 0. The van der Waals surface area contributed by atoms with E-state index in [4.69, 9.17) is 10.4 Å². The molecule has 1 aromatic rings. The van der Waals surface area contributed by atoms with Crippen LogP contribution in [0.3, 0.4) is 0 Å². The zero-order valence-electron chi connectivity index (χ0n) is 8.14. The van der Waals surface area contributed by atoms with Crippen molar-refractivity contribution in [2.75, 3.05) is 11.9 Å². The molecule has 0 aliphatic rings. The summed E-state index contributed by atoms with van der Waals surface area (Å²) in [5.74, 6) is -1.13. The summed E-state index contributed by atoms with van der Waals surface area (Å²) in [6.07, 6.45) is 1.41. The van der Waals surface area contributed by atoms with Gasteiger partial charge >= 0.3 is 5.97 Å². The molecule has 0 radical (unpaired) electrons. The lowest BCUT2D eigenvalue weighted by molar-refractivity contribution is -0.140. The Morgan fingerprint density at radius 2 is 2.53 bits per heavy atom. The first-order valence-electron chi connectivity index (χ1n) is 4.33. The number of anilines is 1. The molecule has 0 amide bonds. The zero-order valence-corrected chi connectivity index (χ0v) is 8.14. The first-order chi connectivity index (χ1) is 7.15. The van der Waals surface area contributed by atoms with Crippen molar-refractivity contribution in [3.8, 4) is 6.07 Å². The monoisotopic (exact) mass is 206 g/mol. The molecule has 0 saturated carbocycles. The molecule has 6 heteroatoms. The van der Waals surface area contributed by atoms with Crippen LogP contribution in [0, 0.1) is 17.2 Å². The predicted octanol–water partition coefficient (Wildman–Crippen LogP) is 0.481. The number of rotatable bonds is 4. The lowest BCUT2D eigenvalue weighted by atomic mass is 10.2. The van der Waals surface area contributed by atoms with Crippen LogP contribution in [0.25, 0.3) is 0 Å². The van der Waals surface area contributed by atoms with Crippen LogP contribution in [0.1, 0.15) is 12.5 Å². The topological polar surface area (TPSA) is 98.9 Å². The van der Waals surface area contributed by atoms with E-state index in [-0.39, 0.29) is 6.54 Å². The number of aliphatic carboxylic acids is 1. The SMILES string of the molecule is CC(CNc1nnccc1C#N)C(=O)O. The van der Waals surface area contributed by atoms with Crippen molar-refractivity contribution in [3.05, 3.63) is 17.8 Å². The maximum atomic E-state index is 10.5. The van der Waals surface area contributed by atoms with Gasteiger partial charge in [0.15, 0.2) is 5.82 Å². The van der Waals surface area contributed by atoms with Crippen molar-refractivity contribution in [2.45, 2.75) is 6.92 Å². The number of hydrogen-bond acceptors (Lipinski definition) is 5. The van der Waals surface area contributed by atoms with E-state index in [1.165, 1.54) is 12.3 Å². The fraction of sp³-hybridized carbons (Fsp3) is 0.333. The van der Waals surface area contributed by atoms with Crippen LogP contribution in [0.15, 0.2) is 12.3 Å². The van der Waals surface area contributed by atoms with Gasteiger partial charge in [-0.3, -0.25) is 4.79 Å². The average Bonchev–Trinajstić information content (AvgIpc) is 2.26. The molecule has 15 heavy (non-hydrogen) atoms. The molecule has 0 bridgehead atoms. The smallest absolute Gasteiger partial charge is 0.308 e. The Morgan fingerprint density at radius 3 is 3.13 bits per heavy atom. The minimum Gasteiger partial charge on any atom is -0.481 e. The van der Waals surface area contributed by atoms with E-state index >= 15 is 0 Å². The molecule has 6 nitrogen and oxygen atoms in total. The first kappa shape index (κ1) is 10.9. The lowest BCUT2D eigenvalue weighted by Crippen LogP contribution is -2.20. The van der Waals surface area contributed by atoms with Crippen LogP contribution < -0.4 is 5.32 Å². The van der Waals surface area contributed by atoms with Crippen molar-refractivity contribution >= 4 is 11.8 Å². The number of carboxylic acid groups (broad SMARTS) is 1. The Bertz CT molecular complexity index is 399. The normalized spacial score (nSPS) is 11.5. The molecule has 0 spiro atoms. The lowest BCUT2D eigenvalue weighted by Gasteiger charge is -2.08. The number of carboxylic acids is 1. The fourth-order valence-electron chi connectivity index (χ4n) is 0.890. The van der Waals surface area contributed by atoms with Gasteiger partial charge in [-0.15, -0.1) is 5.10 Å². The molecule has 0 aromatic carbocycles. The number of aromatic nitrogens is 2. The molecular weight excluding hydrogens is 196 g/mol. The van der Waals surface area contributed by atoms with Gasteiger partial charge in [-0.1, -0.05) is 6.92 Å². The van der Waals surface area contributed by atoms with E-state index in [1.54, 1.807) is 6.92 Å². The molecule has 0 aliphatic carbocycles. The van der Waals surface area contributed by atoms with Crippen LogP contribution in [0.4, 0.5) is 5.82 Å². The van der Waals surface area contributed by atoms with E-state index in [2.05, 4.69) is 15.5 Å². The van der Waals surface area contributed by atoms with E-state index in [9.17, 15) is 4.79 Å². The van der Waals surface area contributed by atoms with E-state index in [1.807, 2.05) is 6.07 Å². The van der Waals surface area contributed by atoms with Gasteiger partial charge in [0.25, 0.3) is 0 Å². The van der Waals surface area contributed by atoms with Crippen molar-refractivity contribution < 1.29 is 9.90 Å². The van der Waals surface area contributed by atoms with Crippen LogP contribution in [-0.4, -0.2) is 27.8 Å². The second-order valence-corrected chi connectivity index (χ2v) is 3.03. The highest BCUT2D eigenvalue weighted by Crippen LogP contribution is 2.08. The second kappa shape index (κ2) is 4.91. The van der Waals surface area contributed by atoms with E-state index in [0.717, 1.165) is 0 Å². The number of carbonyl (C=O) groups is 1. The first-order valence-corrected chi connectivity index (χ1v) is 4.33. The van der Waals surface area contributed by atoms with Crippen LogP contribution in [0.5, 0.6) is 0 Å². The molecule has 2 N–H and O–H groups in total. The average molecular weight is 206 g/mol. The maximum Gasteiger partial charge on any atom is 0.308 e. The Balaban J connectivity index is 2.66. The third kappa shape index (κ3) is 2.91. The number of nitrogens with zero attached hydrogens (tertiary/aromatic N) is 3. The van der Waals surface area contributed by atoms with E-state index in [0.29, 0.717) is 11.4 Å². The Hall–Kier alpha value is -2.16. The molecule has 0 fully saturated rings. The molecule has 0 aliphatic heterocycles. The highest BCUT2D eigenvalue weighted by molar-refractivity contribution is 5.70. The van der Waals surface area contributed by atoms with Crippen LogP contribution in [0.2, 0.25) is 0 Å². The number of nitriles is 1. The highest BCUT2D eigenvalue weighted by Gasteiger charge is 2.11. The summed E-state index contributed by atoms with van der Waals surface area (Å²) in [6, 6.07) is 3.45. The summed E-state index contributed by atoms with van der Waals surface area (Å²) in [5.41, 5.74) is 0.350. The predicted molar refractivity (Wildman–Crippen MR) is 52.0 cm³/mol. The summed E-state index contributed by atoms with van der Waals surface area (Å²) in [7, 11) is 0. The van der Waals surface area contributed by atoms with Gasteiger partial charge in [0.2, 0.25) is 0 Å². The van der Waals surface area contributed by atoms with E-state index < -0.39 is 11.9 Å². The molecule has 1 aromatic heterocycles. The zero-order chi connectivity index (χ0) is 11.3. The van der Waals surface area contributed by atoms with Crippen molar-refractivity contribution in [2.24, 2.45) is 5.92 Å². The molecule has 0 saturated heterocycles. The molecule has 1 rings (SSSR count). The summed E-state index contributed by atoms with van der Waals surface area (Å²) < 4.78 is 0. The maximum absolute atomic E-state index is 10.5. The second-order valence-electron chi connectivity index (χ2n) is 3.03. The van der Waals surface area contributed by atoms with Gasteiger partial charge in [-0.05, 0) is 6.07 Å². The minimum absolute atomic E-state index is 0.211. The van der Waals surface area contributed by atoms with Crippen molar-refractivity contribution in [1.29, 1.82) is 5.26 Å². The third-order valence-corrected chi connectivity index (χ3v) is 1.84. The van der Waals surface area contributed by atoms with Gasteiger partial charge in [-0.2, -0.15) is 10.4 Å². The van der Waals surface area contributed by atoms with Crippen molar-refractivity contribution in [1.82, 2.24) is 10.2 Å². The third-order valence-electron chi connectivity index (χ3n) is 1.84. The molecule has 1 unspecified atom stereocenters. The summed E-state index contributed by atoms with van der Waals surface area (Å²) in [5, 5.41) is 27.4. The van der Waals surface area contributed by atoms with Crippen molar-refractivity contribution in [3.63, 3.8) is 0 Å². The Kier molecular flexibility index (Phi) is 3.57. The summed E-state index contributed by atoms with van der Waals surface area (Å²) in [6.45, 7) is 1.78. The van der Waals surface area contributed by atoms with Gasteiger partial charge in [0.05, 0.1) is 17.7 Å². The largest absolute Gasteiger partial charge is 0.481 e. The van der Waals surface area contributed by atoms with Crippen LogP contribution in [-0.2, 0) is 4.79 Å².